The SMILES string of the molecule is CCCCOc1ccc(/C=C/C(=O)N2CCN(CC(=O)N3CCCCC3C)CC2)cc1OC. The normalized spacial score (nSPS) is 19.7. The molecule has 2 aliphatic rings. The Hall–Kier alpha value is -2.54. The van der Waals surface area contributed by atoms with Crippen LogP contribution in [0.2, 0.25) is 0 Å². The van der Waals surface area contributed by atoms with E-state index in [1.807, 2.05) is 34.1 Å². The maximum Gasteiger partial charge on any atom is 0.246 e. The van der Waals surface area contributed by atoms with Crippen LogP contribution in [0.4, 0.5) is 0 Å². The molecule has 0 aliphatic carbocycles. The molecule has 0 bridgehead atoms. The Morgan fingerprint density at radius 2 is 1.88 bits per heavy atom. The lowest BCUT2D eigenvalue weighted by molar-refractivity contribution is -0.136. The standard InChI is InChI=1S/C26H39N3O4/c1-4-5-18-33-23-11-9-22(19-24(23)32-3)10-12-25(30)28-16-14-27(15-17-28)20-26(31)29-13-7-6-8-21(29)2/h9-12,19,21H,4-8,13-18,20H2,1-3H3/b12-10+. The van der Waals surface area contributed by atoms with Crippen molar-refractivity contribution in [3.05, 3.63) is 29.8 Å². The van der Waals surface area contributed by atoms with E-state index in [1.165, 1.54) is 6.42 Å². The zero-order valence-electron chi connectivity index (χ0n) is 20.4. The Kier molecular flexibility index (Phi) is 9.61. The molecule has 2 aliphatic heterocycles. The van der Waals surface area contributed by atoms with Crippen molar-refractivity contribution in [2.24, 2.45) is 0 Å². The number of rotatable bonds is 9. The van der Waals surface area contributed by atoms with Crippen molar-refractivity contribution in [1.82, 2.24) is 14.7 Å². The van der Waals surface area contributed by atoms with Gasteiger partial charge in [-0.1, -0.05) is 19.4 Å². The van der Waals surface area contributed by atoms with Crippen molar-refractivity contribution in [2.45, 2.75) is 52.0 Å². The lowest BCUT2D eigenvalue weighted by Gasteiger charge is -2.37. The van der Waals surface area contributed by atoms with Crippen LogP contribution in [0, 0.1) is 0 Å². The summed E-state index contributed by atoms with van der Waals surface area (Å²) in [6.45, 7) is 8.99. The molecule has 2 amide bonds. The highest BCUT2D eigenvalue weighted by Gasteiger charge is 2.26. The summed E-state index contributed by atoms with van der Waals surface area (Å²) in [5.41, 5.74) is 0.892. The number of amides is 2. The van der Waals surface area contributed by atoms with Crippen LogP contribution in [0.3, 0.4) is 0 Å². The number of hydrogen-bond donors (Lipinski definition) is 0. The average molecular weight is 458 g/mol. The topological polar surface area (TPSA) is 62.3 Å². The van der Waals surface area contributed by atoms with Crippen LogP contribution in [0.1, 0.15) is 51.5 Å². The molecule has 7 nitrogen and oxygen atoms in total. The Morgan fingerprint density at radius 1 is 1.09 bits per heavy atom. The molecular weight excluding hydrogens is 418 g/mol. The van der Waals surface area contributed by atoms with Gasteiger partial charge >= 0.3 is 0 Å². The molecule has 1 aromatic carbocycles. The average Bonchev–Trinajstić information content (AvgIpc) is 2.83. The first kappa shape index (κ1) is 25.1. The molecule has 7 heteroatoms. The summed E-state index contributed by atoms with van der Waals surface area (Å²) in [4.78, 5) is 31.4. The molecule has 3 rings (SSSR count). The predicted octanol–water partition coefficient (Wildman–Crippen LogP) is 3.43. The monoisotopic (exact) mass is 457 g/mol. The summed E-state index contributed by atoms with van der Waals surface area (Å²) in [5.74, 6) is 1.60. The Morgan fingerprint density at radius 3 is 2.58 bits per heavy atom. The molecule has 0 radical (unpaired) electrons. The second-order valence-corrected chi connectivity index (χ2v) is 8.98. The van der Waals surface area contributed by atoms with Crippen LogP contribution < -0.4 is 9.47 Å². The summed E-state index contributed by atoms with van der Waals surface area (Å²) in [6.07, 6.45) is 8.91. The number of benzene rings is 1. The van der Waals surface area contributed by atoms with Crippen LogP contribution in [-0.4, -0.2) is 85.5 Å². The van der Waals surface area contributed by atoms with Crippen molar-refractivity contribution in [2.75, 3.05) is 53.0 Å². The van der Waals surface area contributed by atoms with Crippen molar-refractivity contribution in [3.8, 4) is 11.5 Å². The minimum Gasteiger partial charge on any atom is -0.493 e. The van der Waals surface area contributed by atoms with Crippen LogP contribution >= 0.6 is 0 Å². The van der Waals surface area contributed by atoms with E-state index in [0.29, 0.717) is 38.0 Å². The number of unbranched alkanes of at least 4 members (excludes halogenated alkanes) is 1. The number of piperazine rings is 1. The number of hydrogen-bond acceptors (Lipinski definition) is 5. The smallest absolute Gasteiger partial charge is 0.246 e. The molecule has 2 heterocycles. The van der Waals surface area contributed by atoms with Gasteiger partial charge in [-0.3, -0.25) is 14.5 Å². The molecule has 182 valence electrons. The fraction of sp³-hybridized carbons (Fsp3) is 0.615. The van der Waals surface area contributed by atoms with Gasteiger partial charge in [0.2, 0.25) is 11.8 Å². The number of piperidine rings is 1. The van der Waals surface area contributed by atoms with Crippen molar-refractivity contribution in [1.29, 1.82) is 0 Å². The first-order chi connectivity index (χ1) is 16.0. The van der Waals surface area contributed by atoms with Gasteiger partial charge in [-0.2, -0.15) is 0 Å². The predicted molar refractivity (Wildman–Crippen MR) is 130 cm³/mol. The molecule has 1 aromatic rings. The van der Waals surface area contributed by atoms with Gasteiger partial charge in [0, 0.05) is 44.8 Å². The number of ether oxygens (including phenoxy) is 2. The molecule has 0 aromatic heterocycles. The van der Waals surface area contributed by atoms with Crippen molar-refractivity contribution >= 4 is 17.9 Å². The van der Waals surface area contributed by atoms with E-state index in [0.717, 1.165) is 56.6 Å². The number of carbonyl (C=O) groups is 2. The molecule has 2 fully saturated rings. The third kappa shape index (κ3) is 7.22. The second-order valence-electron chi connectivity index (χ2n) is 8.98. The molecule has 0 N–H and O–H groups in total. The molecule has 1 unspecified atom stereocenters. The quantitative estimate of drug-likeness (QED) is 0.420. The zero-order chi connectivity index (χ0) is 23.6. The molecule has 2 saturated heterocycles. The van der Waals surface area contributed by atoms with Gasteiger partial charge in [-0.05, 0) is 56.4 Å². The number of likely N-dealkylation sites (tertiary alicyclic amines) is 1. The van der Waals surface area contributed by atoms with Crippen molar-refractivity contribution < 1.29 is 19.1 Å². The van der Waals surface area contributed by atoms with Gasteiger partial charge in [0.05, 0.1) is 20.3 Å². The first-order valence-electron chi connectivity index (χ1n) is 12.3. The van der Waals surface area contributed by atoms with Crippen LogP contribution in [0.15, 0.2) is 24.3 Å². The minimum absolute atomic E-state index is 0.00660. The molecule has 33 heavy (non-hydrogen) atoms. The van der Waals surface area contributed by atoms with Gasteiger partial charge in [0.15, 0.2) is 11.5 Å². The third-order valence-electron chi connectivity index (χ3n) is 6.53. The van der Waals surface area contributed by atoms with Crippen LogP contribution in [0.5, 0.6) is 11.5 Å². The number of nitrogens with zero attached hydrogens (tertiary/aromatic N) is 3. The van der Waals surface area contributed by atoms with E-state index in [1.54, 1.807) is 13.2 Å². The van der Waals surface area contributed by atoms with E-state index in [4.69, 9.17) is 9.47 Å². The molecule has 0 spiro atoms. The third-order valence-corrected chi connectivity index (χ3v) is 6.53. The maximum atomic E-state index is 12.7. The minimum atomic E-state index is -0.00660. The van der Waals surface area contributed by atoms with E-state index in [-0.39, 0.29) is 11.8 Å². The lowest BCUT2D eigenvalue weighted by atomic mass is 10.0. The number of carbonyl (C=O) groups excluding carboxylic acids is 2. The summed E-state index contributed by atoms with van der Waals surface area (Å²) in [5, 5.41) is 0. The highest BCUT2D eigenvalue weighted by atomic mass is 16.5. The molecule has 1 atom stereocenters. The summed E-state index contributed by atoms with van der Waals surface area (Å²) in [6, 6.07) is 6.04. The van der Waals surface area contributed by atoms with E-state index in [2.05, 4.69) is 18.7 Å². The first-order valence-corrected chi connectivity index (χ1v) is 12.3. The Labute approximate surface area is 198 Å². The van der Waals surface area contributed by atoms with E-state index in [9.17, 15) is 9.59 Å². The Balaban J connectivity index is 1.47. The van der Waals surface area contributed by atoms with E-state index >= 15 is 0 Å². The fourth-order valence-electron chi connectivity index (χ4n) is 4.38. The van der Waals surface area contributed by atoms with Crippen LogP contribution in [-0.2, 0) is 9.59 Å². The summed E-state index contributed by atoms with van der Waals surface area (Å²) >= 11 is 0. The number of methoxy groups -OCH3 is 1. The van der Waals surface area contributed by atoms with Crippen molar-refractivity contribution in [3.63, 3.8) is 0 Å². The highest BCUT2D eigenvalue weighted by molar-refractivity contribution is 5.92. The van der Waals surface area contributed by atoms with E-state index < -0.39 is 0 Å². The van der Waals surface area contributed by atoms with Gasteiger partial charge < -0.3 is 19.3 Å². The highest BCUT2D eigenvalue weighted by Crippen LogP contribution is 2.28. The molecule has 0 saturated carbocycles. The fourth-order valence-corrected chi connectivity index (χ4v) is 4.38. The lowest BCUT2D eigenvalue weighted by Crippen LogP contribution is -2.52. The maximum absolute atomic E-state index is 12.7. The molecular formula is C26H39N3O4. The zero-order valence-corrected chi connectivity index (χ0v) is 20.4. The Bertz CT molecular complexity index is 818. The van der Waals surface area contributed by atoms with Crippen LogP contribution in [0.25, 0.3) is 6.08 Å². The largest absolute Gasteiger partial charge is 0.493 e. The summed E-state index contributed by atoms with van der Waals surface area (Å²) < 4.78 is 11.2. The van der Waals surface area contributed by atoms with Gasteiger partial charge in [-0.25, -0.2) is 0 Å². The second kappa shape index (κ2) is 12.6. The van der Waals surface area contributed by atoms with Gasteiger partial charge in [0.1, 0.15) is 0 Å². The van der Waals surface area contributed by atoms with Gasteiger partial charge in [-0.15, -0.1) is 0 Å². The summed E-state index contributed by atoms with van der Waals surface area (Å²) in [7, 11) is 1.62. The van der Waals surface area contributed by atoms with Gasteiger partial charge in [0.25, 0.3) is 0 Å².